The van der Waals surface area contributed by atoms with Gasteiger partial charge in [0.15, 0.2) is 0 Å². The summed E-state index contributed by atoms with van der Waals surface area (Å²) in [6.07, 6.45) is 7.87. The van der Waals surface area contributed by atoms with Crippen molar-refractivity contribution in [3.8, 4) is 0 Å². The van der Waals surface area contributed by atoms with E-state index in [1.54, 1.807) is 0 Å². The molecule has 2 heterocycles. The quantitative estimate of drug-likeness (QED) is 0.892. The van der Waals surface area contributed by atoms with E-state index in [4.69, 9.17) is 10.7 Å². The second-order valence-electron chi connectivity index (χ2n) is 5.04. The Bertz CT molecular complexity index is 383. The summed E-state index contributed by atoms with van der Waals surface area (Å²) in [5.74, 6) is 1.85. The largest absolute Gasteiger partial charge is 0.330 e. The van der Waals surface area contributed by atoms with Crippen LogP contribution < -0.4 is 5.73 Å². The number of fused-ring (bicyclic) bond motifs is 1. The number of thioether (sulfide) groups is 1. The predicted octanol–water partition coefficient (Wildman–Crippen LogP) is 3.48. The van der Waals surface area contributed by atoms with Crippen molar-refractivity contribution in [1.82, 2.24) is 4.98 Å². The fourth-order valence-electron chi connectivity index (χ4n) is 2.83. The van der Waals surface area contributed by atoms with E-state index >= 15 is 0 Å². The lowest BCUT2D eigenvalue weighted by molar-refractivity contribution is 0.552. The zero-order chi connectivity index (χ0) is 11.7. The molecule has 0 radical (unpaired) electrons. The molecule has 2 aliphatic rings. The Kier molecular flexibility index (Phi) is 3.73. The van der Waals surface area contributed by atoms with Crippen molar-refractivity contribution in [3.05, 3.63) is 15.6 Å². The minimum Gasteiger partial charge on any atom is -0.330 e. The number of rotatable bonds is 2. The molecule has 2 nitrogen and oxygen atoms in total. The first-order valence-corrected chi connectivity index (χ1v) is 8.56. The maximum atomic E-state index is 5.87. The van der Waals surface area contributed by atoms with Crippen LogP contribution in [0.2, 0.25) is 0 Å². The first kappa shape index (κ1) is 12.0. The van der Waals surface area contributed by atoms with Gasteiger partial charge in [-0.25, -0.2) is 4.98 Å². The summed E-state index contributed by atoms with van der Waals surface area (Å²) in [5, 5.41) is 2.07. The highest BCUT2D eigenvalue weighted by Crippen LogP contribution is 2.43. The molecular formula is C13H20N2S2. The third-order valence-corrected chi connectivity index (χ3v) is 6.61. The molecule has 94 valence electrons. The van der Waals surface area contributed by atoms with Crippen LogP contribution in [-0.2, 0) is 6.42 Å². The molecule has 0 spiro atoms. The van der Waals surface area contributed by atoms with Gasteiger partial charge in [0, 0.05) is 17.3 Å². The highest BCUT2D eigenvalue weighted by atomic mass is 32.2. The molecule has 2 atom stereocenters. The lowest BCUT2D eigenvalue weighted by Gasteiger charge is -2.19. The van der Waals surface area contributed by atoms with Gasteiger partial charge in [0.05, 0.1) is 10.9 Å². The number of nitrogens with two attached hydrogens (primary N) is 1. The van der Waals surface area contributed by atoms with Gasteiger partial charge in [-0.1, -0.05) is 6.42 Å². The van der Waals surface area contributed by atoms with Gasteiger partial charge >= 0.3 is 0 Å². The summed E-state index contributed by atoms with van der Waals surface area (Å²) in [7, 11) is 0. The summed E-state index contributed by atoms with van der Waals surface area (Å²) < 4.78 is 0. The molecule has 1 aromatic heterocycles. The Morgan fingerprint density at radius 3 is 2.94 bits per heavy atom. The lowest BCUT2D eigenvalue weighted by Crippen LogP contribution is -2.17. The van der Waals surface area contributed by atoms with Crippen molar-refractivity contribution in [3.63, 3.8) is 0 Å². The number of aryl methyl sites for hydroxylation is 1. The minimum atomic E-state index is 0.539. The fourth-order valence-corrected chi connectivity index (χ4v) is 5.57. The predicted molar refractivity (Wildman–Crippen MR) is 75.9 cm³/mol. The number of hydrogen-bond donors (Lipinski definition) is 1. The topological polar surface area (TPSA) is 38.9 Å². The van der Waals surface area contributed by atoms with Gasteiger partial charge in [-0.15, -0.1) is 11.3 Å². The Morgan fingerprint density at radius 2 is 2.18 bits per heavy atom. The number of nitrogens with zero attached hydrogens (tertiary/aromatic N) is 1. The smallest absolute Gasteiger partial charge is 0.106 e. The molecule has 1 saturated heterocycles. The van der Waals surface area contributed by atoms with Crippen molar-refractivity contribution in [2.45, 2.75) is 49.7 Å². The maximum absolute atomic E-state index is 5.87. The molecule has 3 rings (SSSR count). The van der Waals surface area contributed by atoms with Crippen molar-refractivity contribution < 1.29 is 0 Å². The summed E-state index contributed by atoms with van der Waals surface area (Å²) in [5.41, 5.74) is 7.22. The van der Waals surface area contributed by atoms with Crippen LogP contribution in [0.15, 0.2) is 0 Å². The lowest BCUT2D eigenvalue weighted by atomic mass is 9.91. The van der Waals surface area contributed by atoms with Crippen LogP contribution in [0.4, 0.5) is 0 Å². The average molecular weight is 268 g/mol. The number of aromatic nitrogens is 1. The summed E-state index contributed by atoms with van der Waals surface area (Å²) in [6.45, 7) is 0.772. The molecule has 0 aromatic carbocycles. The summed E-state index contributed by atoms with van der Waals surface area (Å²) in [4.78, 5) is 6.48. The van der Waals surface area contributed by atoms with Gasteiger partial charge in [-0.2, -0.15) is 11.8 Å². The monoisotopic (exact) mass is 268 g/mol. The van der Waals surface area contributed by atoms with Crippen LogP contribution >= 0.6 is 23.1 Å². The van der Waals surface area contributed by atoms with Gasteiger partial charge in [0.25, 0.3) is 0 Å². The van der Waals surface area contributed by atoms with Crippen LogP contribution in [0.5, 0.6) is 0 Å². The van der Waals surface area contributed by atoms with E-state index in [0.29, 0.717) is 11.2 Å². The molecule has 0 bridgehead atoms. The van der Waals surface area contributed by atoms with E-state index in [-0.39, 0.29) is 0 Å². The molecule has 4 heteroatoms. The average Bonchev–Trinajstić information content (AvgIpc) is 2.83. The van der Waals surface area contributed by atoms with E-state index in [1.807, 2.05) is 11.3 Å². The van der Waals surface area contributed by atoms with E-state index < -0.39 is 0 Å². The van der Waals surface area contributed by atoms with Crippen molar-refractivity contribution in [2.75, 3.05) is 12.3 Å². The molecule has 0 amide bonds. The summed E-state index contributed by atoms with van der Waals surface area (Å²) in [6, 6.07) is 0. The van der Waals surface area contributed by atoms with Crippen LogP contribution in [0.3, 0.4) is 0 Å². The van der Waals surface area contributed by atoms with Crippen molar-refractivity contribution in [2.24, 2.45) is 5.73 Å². The fraction of sp³-hybridized carbons (Fsp3) is 0.769. The SMILES string of the molecule is NCC1CCCc2sc(C3CCCCS3)nc21. The first-order valence-electron chi connectivity index (χ1n) is 6.69. The van der Waals surface area contributed by atoms with Crippen LogP contribution in [0.1, 0.15) is 58.9 Å². The Hall–Kier alpha value is -0.0600. The minimum absolute atomic E-state index is 0.539. The van der Waals surface area contributed by atoms with Gasteiger partial charge in [-0.05, 0) is 37.9 Å². The molecule has 17 heavy (non-hydrogen) atoms. The molecule has 1 aromatic rings. The maximum Gasteiger partial charge on any atom is 0.106 e. The van der Waals surface area contributed by atoms with Gasteiger partial charge in [-0.3, -0.25) is 0 Å². The second kappa shape index (κ2) is 5.29. The van der Waals surface area contributed by atoms with Crippen molar-refractivity contribution in [1.29, 1.82) is 0 Å². The highest BCUT2D eigenvalue weighted by molar-refractivity contribution is 7.99. The van der Waals surface area contributed by atoms with Gasteiger partial charge in [0.1, 0.15) is 5.01 Å². The van der Waals surface area contributed by atoms with Gasteiger partial charge < -0.3 is 5.73 Å². The Labute approximate surface area is 111 Å². The Morgan fingerprint density at radius 1 is 1.24 bits per heavy atom. The van der Waals surface area contributed by atoms with E-state index in [1.165, 1.54) is 59.9 Å². The number of hydrogen-bond acceptors (Lipinski definition) is 4. The Balaban J connectivity index is 1.84. The van der Waals surface area contributed by atoms with Crippen LogP contribution in [-0.4, -0.2) is 17.3 Å². The molecule has 0 saturated carbocycles. The molecule has 1 aliphatic heterocycles. The normalized spacial score (nSPS) is 29.0. The molecule has 1 aliphatic carbocycles. The summed E-state index contributed by atoms with van der Waals surface area (Å²) >= 11 is 4.08. The van der Waals surface area contributed by atoms with Crippen molar-refractivity contribution >= 4 is 23.1 Å². The van der Waals surface area contributed by atoms with Gasteiger partial charge in [0.2, 0.25) is 0 Å². The first-order chi connectivity index (χ1) is 8.38. The molecule has 2 N–H and O–H groups in total. The highest BCUT2D eigenvalue weighted by Gasteiger charge is 2.27. The molecular weight excluding hydrogens is 248 g/mol. The van der Waals surface area contributed by atoms with Crippen LogP contribution in [0, 0.1) is 0 Å². The van der Waals surface area contributed by atoms with E-state index in [2.05, 4.69) is 11.8 Å². The third-order valence-electron chi connectivity index (χ3n) is 3.83. The van der Waals surface area contributed by atoms with E-state index in [0.717, 1.165) is 6.54 Å². The molecule has 2 unspecified atom stereocenters. The zero-order valence-corrected chi connectivity index (χ0v) is 11.8. The molecule has 1 fully saturated rings. The zero-order valence-electron chi connectivity index (χ0n) is 10.2. The second-order valence-corrected chi connectivity index (χ2v) is 7.47. The van der Waals surface area contributed by atoms with Crippen LogP contribution in [0.25, 0.3) is 0 Å². The third kappa shape index (κ3) is 2.40. The standard InChI is InChI=1S/C13H20N2S2/c14-8-9-4-3-6-10-12(9)15-13(17-10)11-5-1-2-7-16-11/h9,11H,1-8,14H2. The number of thiazole rings is 1. The van der Waals surface area contributed by atoms with E-state index in [9.17, 15) is 0 Å².